The Balaban J connectivity index is 2.02. The van der Waals surface area contributed by atoms with Crippen LogP contribution in [0.15, 0.2) is 42.5 Å². The van der Waals surface area contributed by atoms with E-state index in [0.717, 1.165) is 11.1 Å². The highest BCUT2D eigenvalue weighted by molar-refractivity contribution is 5.98. The van der Waals surface area contributed by atoms with Gasteiger partial charge in [0.15, 0.2) is 6.10 Å². The van der Waals surface area contributed by atoms with Crippen molar-refractivity contribution in [2.75, 3.05) is 11.1 Å². The molecular formula is C18H20N2O3. The molecule has 2 rings (SSSR count). The Hall–Kier alpha value is -2.82. The van der Waals surface area contributed by atoms with Gasteiger partial charge in [-0.2, -0.15) is 0 Å². The fourth-order valence-electron chi connectivity index (χ4n) is 2.05. The summed E-state index contributed by atoms with van der Waals surface area (Å²) in [6.07, 6.45) is -0.913. The normalized spacial score (nSPS) is 11.6. The van der Waals surface area contributed by atoms with Crippen molar-refractivity contribution >= 4 is 23.3 Å². The summed E-state index contributed by atoms with van der Waals surface area (Å²) in [6, 6.07) is 12.2. The van der Waals surface area contributed by atoms with Crippen LogP contribution in [0.3, 0.4) is 0 Å². The highest BCUT2D eigenvalue weighted by Crippen LogP contribution is 2.17. The Morgan fingerprint density at radius 1 is 1.13 bits per heavy atom. The number of benzene rings is 2. The van der Waals surface area contributed by atoms with Crippen molar-refractivity contribution in [2.24, 2.45) is 0 Å². The molecule has 0 aromatic heterocycles. The van der Waals surface area contributed by atoms with Crippen LogP contribution in [-0.2, 0) is 9.53 Å². The fourth-order valence-corrected chi connectivity index (χ4v) is 2.05. The number of aryl methyl sites for hydroxylation is 2. The first-order valence-electron chi connectivity index (χ1n) is 7.31. The minimum Gasteiger partial charge on any atom is -0.449 e. The van der Waals surface area contributed by atoms with E-state index in [0.29, 0.717) is 16.9 Å². The molecule has 120 valence electrons. The molecule has 2 aromatic carbocycles. The molecule has 1 atom stereocenters. The Kier molecular flexibility index (Phi) is 5.01. The third-order valence-corrected chi connectivity index (χ3v) is 3.43. The zero-order chi connectivity index (χ0) is 17.0. The molecule has 0 spiro atoms. The number of anilines is 2. The molecule has 0 fully saturated rings. The van der Waals surface area contributed by atoms with E-state index >= 15 is 0 Å². The maximum Gasteiger partial charge on any atom is 0.338 e. The van der Waals surface area contributed by atoms with Crippen LogP contribution in [0.1, 0.15) is 28.4 Å². The third kappa shape index (κ3) is 4.32. The predicted octanol–water partition coefficient (Wildman–Crippen LogP) is 3.07. The highest BCUT2D eigenvalue weighted by Gasteiger charge is 2.19. The van der Waals surface area contributed by atoms with Gasteiger partial charge >= 0.3 is 5.97 Å². The zero-order valence-corrected chi connectivity index (χ0v) is 13.4. The van der Waals surface area contributed by atoms with Gasteiger partial charge in [0.05, 0.1) is 5.56 Å². The summed E-state index contributed by atoms with van der Waals surface area (Å²) < 4.78 is 5.19. The van der Waals surface area contributed by atoms with Crippen LogP contribution in [0.4, 0.5) is 11.4 Å². The molecule has 0 aliphatic rings. The van der Waals surface area contributed by atoms with Crippen LogP contribution in [0.2, 0.25) is 0 Å². The van der Waals surface area contributed by atoms with E-state index in [9.17, 15) is 9.59 Å². The van der Waals surface area contributed by atoms with Gasteiger partial charge in [0, 0.05) is 11.4 Å². The van der Waals surface area contributed by atoms with Gasteiger partial charge in [-0.3, -0.25) is 4.79 Å². The standard InChI is InChI=1S/C18H20N2O3/c1-11-7-8-12(2)16(9-11)20-17(21)13(3)23-18(22)14-5-4-6-15(19)10-14/h4-10,13H,19H2,1-3H3,(H,20,21). The van der Waals surface area contributed by atoms with Gasteiger partial charge in [-0.25, -0.2) is 4.79 Å². The largest absolute Gasteiger partial charge is 0.449 e. The summed E-state index contributed by atoms with van der Waals surface area (Å²) in [4.78, 5) is 24.2. The topological polar surface area (TPSA) is 81.4 Å². The number of hydrogen-bond donors (Lipinski definition) is 2. The van der Waals surface area contributed by atoms with Crippen LogP contribution >= 0.6 is 0 Å². The van der Waals surface area contributed by atoms with E-state index in [1.54, 1.807) is 18.2 Å². The van der Waals surface area contributed by atoms with Crippen LogP contribution in [0.25, 0.3) is 0 Å². The monoisotopic (exact) mass is 312 g/mol. The van der Waals surface area contributed by atoms with Crippen LogP contribution in [-0.4, -0.2) is 18.0 Å². The molecule has 0 saturated carbocycles. The Morgan fingerprint density at radius 2 is 1.87 bits per heavy atom. The number of hydrogen-bond acceptors (Lipinski definition) is 4. The summed E-state index contributed by atoms with van der Waals surface area (Å²) >= 11 is 0. The predicted molar refractivity (Wildman–Crippen MR) is 90.3 cm³/mol. The van der Waals surface area contributed by atoms with Gasteiger partial charge in [-0.05, 0) is 56.2 Å². The molecule has 23 heavy (non-hydrogen) atoms. The Morgan fingerprint density at radius 3 is 2.57 bits per heavy atom. The smallest absolute Gasteiger partial charge is 0.338 e. The fraction of sp³-hybridized carbons (Fsp3) is 0.222. The quantitative estimate of drug-likeness (QED) is 0.671. The number of esters is 1. The average Bonchev–Trinajstić information content (AvgIpc) is 2.50. The molecule has 0 heterocycles. The van der Waals surface area contributed by atoms with Gasteiger partial charge in [-0.1, -0.05) is 18.2 Å². The van der Waals surface area contributed by atoms with Gasteiger partial charge in [0.1, 0.15) is 0 Å². The summed E-state index contributed by atoms with van der Waals surface area (Å²) in [5.41, 5.74) is 9.10. The second-order valence-corrected chi connectivity index (χ2v) is 5.48. The third-order valence-electron chi connectivity index (χ3n) is 3.43. The van der Waals surface area contributed by atoms with E-state index in [1.165, 1.54) is 13.0 Å². The second kappa shape index (κ2) is 6.96. The lowest BCUT2D eigenvalue weighted by Gasteiger charge is -2.15. The lowest BCUT2D eigenvalue weighted by atomic mass is 10.1. The molecule has 5 heteroatoms. The summed E-state index contributed by atoms with van der Waals surface area (Å²) in [7, 11) is 0. The van der Waals surface area contributed by atoms with Crippen LogP contribution in [0.5, 0.6) is 0 Å². The molecular weight excluding hydrogens is 292 g/mol. The van der Waals surface area contributed by atoms with E-state index in [1.807, 2.05) is 32.0 Å². The van der Waals surface area contributed by atoms with Crippen LogP contribution < -0.4 is 11.1 Å². The molecule has 0 saturated heterocycles. The number of nitrogen functional groups attached to an aromatic ring is 1. The Labute approximate surface area is 135 Å². The van der Waals surface area contributed by atoms with E-state index in [4.69, 9.17) is 10.5 Å². The second-order valence-electron chi connectivity index (χ2n) is 5.48. The van der Waals surface area contributed by atoms with Gasteiger partial charge in [-0.15, -0.1) is 0 Å². The molecule has 1 amide bonds. The van der Waals surface area contributed by atoms with E-state index < -0.39 is 12.1 Å². The molecule has 0 radical (unpaired) electrons. The maximum atomic E-state index is 12.2. The van der Waals surface area contributed by atoms with Crippen molar-refractivity contribution in [3.05, 3.63) is 59.2 Å². The lowest BCUT2D eigenvalue weighted by molar-refractivity contribution is -0.123. The molecule has 0 aliphatic carbocycles. The average molecular weight is 312 g/mol. The number of carbonyl (C=O) groups is 2. The minimum absolute atomic E-state index is 0.316. The number of ether oxygens (including phenoxy) is 1. The van der Waals surface area contributed by atoms with Crippen molar-refractivity contribution in [3.63, 3.8) is 0 Å². The molecule has 0 aliphatic heterocycles. The molecule has 0 bridgehead atoms. The van der Waals surface area contributed by atoms with Crippen molar-refractivity contribution in [3.8, 4) is 0 Å². The van der Waals surface area contributed by atoms with Gasteiger partial charge in [0.2, 0.25) is 0 Å². The SMILES string of the molecule is Cc1ccc(C)c(NC(=O)C(C)OC(=O)c2cccc(N)c2)c1. The number of nitrogens with one attached hydrogen (secondary N) is 1. The van der Waals surface area contributed by atoms with Crippen molar-refractivity contribution in [1.82, 2.24) is 0 Å². The molecule has 1 unspecified atom stereocenters. The Bertz CT molecular complexity index is 741. The lowest BCUT2D eigenvalue weighted by Crippen LogP contribution is -2.30. The molecule has 3 N–H and O–H groups in total. The zero-order valence-electron chi connectivity index (χ0n) is 13.4. The van der Waals surface area contributed by atoms with Gasteiger partial charge < -0.3 is 15.8 Å². The summed E-state index contributed by atoms with van der Waals surface area (Å²) in [6.45, 7) is 5.38. The maximum absolute atomic E-state index is 12.2. The highest BCUT2D eigenvalue weighted by atomic mass is 16.5. The first kappa shape index (κ1) is 16.5. The number of amides is 1. The van der Waals surface area contributed by atoms with E-state index in [2.05, 4.69) is 5.32 Å². The van der Waals surface area contributed by atoms with E-state index in [-0.39, 0.29) is 5.91 Å². The summed E-state index contributed by atoms with van der Waals surface area (Å²) in [5.74, 6) is -0.961. The molecule has 5 nitrogen and oxygen atoms in total. The van der Waals surface area contributed by atoms with Crippen LogP contribution in [0, 0.1) is 13.8 Å². The number of carbonyl (C=O) groups excluding carboxylic acids is 2. The van der Waals surface area contributed by atoms with Crippen molar-refractivity contribution in [2.45, 2.75) is 26.9 Å². The molecule has 2 aromatic rings. The summed E-state index contributed by atoms with van der Waals surface area (Å²) in [5, 5.41) is 2.78. The number of nitrogens with two attached hydrogens (primary N) is 1. The number of rotatable bonds is 4. The first-order chi connectivity index (χ1) is 10.9. The van der Waals surface area contributed by atoms with Crippen molar-refractivity contribution < 1.29 is 14.3 Å². The van der Waals surface area contributed by atoms with Gasteiger partial charge in [0.25, 0.3) is 5.91 Å². The van der Waals surface area contributed by atoms with Crippen molar-refractivity contribution in [1.29, 1.82) is 0 Å². The minimum atomic E-state index is -0.913. The first-order valence-corrected chi connectivity index (χ1v) is 7.31.